The van der Waals surface area contributed by atoms with E-state index >= 15 is 0 Å². The van der Waals surface area contributed by atoms with E-state index < -0.39 is 0 Å². The maximum absolute atomic E-state index is 12.2. The highest BCUT2D eigenvalue weighted by Crippen LogP contribution is 2.39. The van der Waals surface area contributed by atoms with Gasteiger partial charge in [0.05, 0.1) is 5.54 Å². The first kappa shape index (κ1) is 10.9. The van der Waals surface area contributed by atoms with Crippen LogP contribution in [0.25, 0.3) is 0 Å². The number of hydrogen-bond acceptors (Lipinski definition) is 2. The van der Waals surface area contributed by atoms with Crippen molar-refractivity contribution in [2.75, 3.05) is 6.54 Å². The lowest BCUT2D eigenvalue weighted by Crippen LogP contribution is -2.49. The van der Waals surface area contributed by atoms with E-state index in [1.807, 2.05) is 0 Å². The number of nitrogens with two attached hydrogens (primary N) is 1. The zero-order valence-electron chi connectivity index (χ0n) is 9.64. The van der Waals surface area contributed by atoms with Gasteiger partial charge in [-0.15, -0.1) is 0 Å². The van der Waals surface area contributed by atoms with Gasteiger partial charge < -0.3 is 11.1 Å². The average molecular weight is 210 g/mol. The van der Waals surface area contributed by atoms with E-state index in [2.05, 4.69) is 12.2 Å². The SMILES string of the molecule is CC1(C(=O)NC2(CN)CC2)CCCCC1. The van der Waals surface area contributed by atoms with Crippen LogP contribution in [0, 0.1) is 5.41 Å². The van der Waals surface area contributed by atoms with Gasteiger partial charge in [0, 0.05) is 12.0 Å². The molecule has 2 aliphatic rings. The standard InChI is InChI=1S/C12H22N2O/c1-11(5-3-2-4-6-11)10(15)14-12(9-13)7-8-12/h2-9,13H2,1H3,(H,14,15). The van der Waals surface area contributed by atoms with Crippen LogP contribution in [0.15, 0.2) is 0 Å². The number of rotatable bonds is 3. The van der Waals surface area contributed by atoms with Crippen LogP contribution in [0.4, 0.5) is 0 Å². The van der Waals surface area contributed by atoms with Gasteiger partial charge in [-0.2, -0.15) is 0 Å². The monoisotopic (exact) mass is 210 g/mol. The predicted molar refractivity (Wildman–Crippen MR) is 60.4 cm³/mol. The van der Waals surface area contributed by atoms with E-state index in [0.717, 1.165) is 25.7 Å². The van der Waals surface area contributed by atoms with Crippen LogP contribution < -0.4 is 11.1 Å². The van der Waals surface area contributed by atoms with Crippen LogP contribution in [0.5, 0.6) is 0 Å². The molecule has 0 spiro atoms. The Labute approximate surface area is 91.8 Å². The first-order valence-corrected chi connectivity index (χ1v) is 6.13. The highest BCUT2D eigenvalue weighted by molar-refractivity contribution is 5.83. The molecule has 0 aromatic heterocycles. The van der Waals surface area contributed by atoms with Crippen LogP contribution in [-0.4, -0.2) is 18.0 Å². The van der Waals surface area contributed by atoms with Crippen LogP contribution in [-0.2, 0) is 4.79 Å². The molecule has 0 heterocycles. The molecule has 0 radical (unpaired) electrons. The molecule has 0 bridgehead atoms. The van der Waals surface area contributed by atoms with Gasteiger partial charge in [0.15, 0.2) is 0 Å². The second-order valence-corrected chi connectivity index (χ2v) is 5.56. The van der Waals surface area contributed by atoms with Gasteiger partial charge in [-0.1, -0.05) is 26.2 Å². The summed E-state index contributed by atoms with van der Waals surface area (Å²) < 4.78 is 0. The highest BCUT2D eigenvalue weighted by atomic mass is 16.2. The summed E-state index contributed by atoms with van der Waals surface area (Å²) in [7, 11) is 0. The molecular weight excluding hydrogens is 188 g/mol. The highest BCUT2D eigenvalue weighted by Gasteiger charge is 2.46. The zero-order valence-corrected chi connectivity index (χ0v) is 9.64. The lowest BCUT2D eigenvalue weighted by molar-refractivity contribution is -0.132. The Morgan fingerprint density at radius 2 is 1.80 bits per heavy atom. The van der Waals surface area contributed by atoms with Crippen molar-refractivity contribution in [3.05, 3.63) is 0 Å². The Bertz CT molecular complexity index is 252. The number of carbonyl (C=O) groups excluding carboxylic acids is 1. The fourth-order valence-corrected chi connectivity index (χ4v) is 2.48. The van der Waals surface area contributed by atoms with Crippen molar-refractivity contribution in [2.45, 2.75) is 57.4 Å². The molecule has 0 aliphatic heterocycles. The molecule has 3 heteroatoms. The lowest BCUT2D eigenvalue weighted by Gasteiger charge is -2.33. The molecule has 0 unspecified atom stereocenters. The summed E-state index contributed by atoms with van der Waals surface area (Å²) in [5, 5.41) is 3.16. The smallest absolute Gasteiger partial charge is 0.226 e. The fraction of sp³-hybridized carbons (Fsp3) is 0.917. The number of hydrogen-bond donors (Lipinski definition) is 2. The first-order chi connectivity index (χ1) is 7.10. The lowest BCUT2D eigenvalue weighted by atomic mass is 9.75. The van der Waals surface area contributed by atoms with E-state index in [9.17, 15) is 4.79 Å². The van der Waals surface area contributed by atoms with Crippen LogP contribution in [0.2, 0.25) is 0 Å². The van der Waals surface area contributed by atoms with Crippen molar-refractivity contribution >= 4 is 5.91 Å². The van der Waals surface area contributed by atoms with E-state index in [4.69, 9.17) is 5.73 Å². The van der Waals surface area contributed by atoms with Crippen molar-refractivity contribution in [3.63, 3.8) is 0 Å². The molecule has 1 amide bonds. The molecule has 86 valence electrons. The Morgan fingerprint density at radius 3 is 2.27 bits per heavy atom. The Kier molecular flexibility index (Phi) is 2.75. The summed E-state index contributed by atoms with van der Waals surface area (Å²) in [6.07, 6.45) is 7.87. The largest absolute Gasteiger partial charge is 0.349 e. The van der Waals surface area contributed by atoms with Crippen molar-refractivity contribution in [1.82, 2.24) is 5.32 Å². The molecule has 3 nitrogen and oxygen atoms in total. The number of amides is 1. The number of carbonyl (C=O) groups is 1. The summed E-state index contributed by atoms with van der Waals surface area (Å²) >= 11 is 0. The zero-order chi connectivity index (χ0) is 10.9. The third-order valence-corrected chi connectivity index (χ3v) is 4.13. The summed E-state index contributed by atoms with van der Waals surface area (Å²) in [5.74, 6) is 0.241. The molecule has 2 aliphatic carbocycles. The summed E-state index contributed by atoms with van der Waals surface area (Å²) in [5.41, 5.74) is 5.52. The van der Waals surface area contributed by atoms with Gasteiger partial charge in [0.1, 0.15) is 0 Å². The normalized spacial score (nSPS) is 27.1. The second-order valence-electron chi connectivity index (χ2n) is 5.56. The molecule has 0 saturated heterocycles. The van der Waals surface area contributed by atoms with Gasteiger partial charge in [-0.25, -0.2) is 0 Å². The van der Waals surface area contributed by atoms with Crippen molar-refractivity contribution in [2.24, 2.45) is 11.1 Å². The predicted octanol–water partition coefficient (Wildman–Crippen LogP) is 1.56. The quantitative estimate of drug-likeness (QED) is 0.743. The molecule has 0 atom stereocenters. The van der Waals surface area contributed by atoms with Gasteiger partial charge >= 0.3 is 0 Å². The summed E-state index contributed by atoms with van der Waals surface area (Å²) in [6, 6.07) is 0. The van der Waals surface area contributed by atoms with E-state index in [1.54, 1.807) is 0 Å². The summed E-state index contributed by atoms with van der Waals surface area (Å²) in [6.45, 7) is 2.70. The van der Waals surface area contributed by atoms with Gasteiger partial charge in [0.25, 0.3) is 0 Å². The minimum Gasteiger partial charge on any atom is -0.349 e. The Hall–Kier alpha value is -0.570. The molecular formula is C12H22N2O. The Morgan fingerprint density at radius 1 is 1.20 bits per heavy atom. The summed E-state index contributed by atoms with van der Waals surface area (Å²) in [4.78, 5) is 12.2. The molecule has 3 N–H and O–H groups in total. The van der Waals surface area contributed by atoms with Crippen molar-refractivity contribution < 1.29 is 4.79 Å². The third-order valence-electron chi connectivity index (χ3n) is 4.13. The fourth-order valence-electron chi connectivity index (χ4n) is 2.48. The number of nitrogens with one attached hydrogen (secondary N) is 1. The van der Waals surface area contributed by atoms with E-state index in [-0.39, 0.29) is 16.9 Å². The maximum Gasteiger partial charge on any atom is 0.226 e. The average Bonchev–Trinajstić information content (AvgIpc) is 3.00. The molecule has 0 aromatic rings. The van der Waals surface area contributed by atoms with Crippen LogP contribution >= 0.6 is 0 Å². The van der Waals surface area contributed by atoms with Crippen LogP contribution in [0.1, 0.15) is 51.9 Å². The van der Waals surface area contributed by atoms with Gasteiger partial charge in [-0.05, 0) is 25.7 Å². The van der Waals surface area contributed by atoms with Crippen LogP contribution in [0.3, 0.4) is 0 Å². The molecule has 2 saturated carbocycles. The first-order valence-electron chi connectivity index (χ1n) is 6.13. The molecule has 2 rings (SSSR count). The van der Waals surface area contributed by atoms with E-state index in [0.29, 0.717) is 6.54 Å². The Balaban J connectivity index is 1.94. The molecule has 0 aromatic carbocycles. The van der Waals surface area contributed by atoms with E-state index in [1.165, 1.54) is 19.3 Å². The van der Waals surface area contributed by atoms with Gasteiger partial charge in [-0.3, -0.25) is 4.79 Å². The van der Waals surface area contributed by atoms with Crippen molar-refractivity contribution in [1.29, 1.82) is 0 Å². The minimum atomic E-state index is -0.122. The molecule has 15 heavy (non-hydrogen) atoms. The maximum atomic E-state index is 12.2. The second kappa shape index (κ2) is 3.78. The third kappa shape index (κ3) is 2.17. The van der Waals surface area contributed by atoms with Crippen molar-refractivity contribution in [3.8, 4) is 0 Å². The van der Waals surface area contributed by atoms with Gasteiger partial charge in [0.2, 0.25) is 5.91 Å². The topological polar surface area (TPSA) is 55.1 Å². The minimum absolute atomic E-state index is 0.0302. The molecule has 2 fully saturated rings.